The second kappa shape index (κ2) is 7.64. The minimum Gasteiger partial charge on any atom is -0.340 e. The van der Waals surface area contributed by atoms with Crippen molar-refractivity contribution in [2.24, 2.45) is 0 Å². The quantitative estimate of drug-likeness (QED) is 0.399. The maximum absolute atomic E-state index is 9.62. The third kappa shape index (κ3) is 3.27. The first kappa shape index (κ1) is 17.9. The third-order valence-corrected chi connectivity index (χ3v) is 5.84. The van der Waals surface area contributed by atoms with Gasteiger partial charge in [0.2, 0.25) is 0 Å². The highest BCUT2D eigenvalue weighted by molar-refractivity contribution is 7.99. The molecular formula is C24H17N3S. The van der Waals surface area contributed by atoms with Crippen molar-refractivity contribution in [1.29, 1.82) is 10.5 Å². The number of para-hydroxylation sites is 1. The van der Waals surface area contributed by atoms with Crippen molar-refractivity contribution < 1.29 is 0 Å². The highest BCUT2D eigenvalue weighted by atomic mass is 32.2. The number of anilines is 2. The normalized spacial score (nSPS) is 12.5. The Balaban J connectivity index is 1.72. The summed E-state index contributed by atoms with van der Waals surface area (Å²) in [6.07, 6.45) is 1.90. The summed E-state index contributed by atoms with van der Waals surface area (Å²) in [6, 6.07) is 26.2. The van der Waals surface area contributed by atoms with Gasteiger partial charge in [-0.1, -0.05) is 42.1 Å². The van der Waals surface area contributed by atoms with Crippen LogP contribution in [0, 0.1) is 22.7 Å². The molecule has 1 heterocycles. The molecule has 0 bridgehead atoms. The lowest BCUT2D eigenvalue weighted by molar-refractivity contribution is 0.979. The van der Waals surface area contributed by atoms with E-state index in [1.807, 2.05) is 18.2 Å². The Bertz CT molecular complexity index is 1150. The van der Waals surface area contributed by atoms with E-state index >= 15 is 0 Å². The summed E-state index contributed by atoms with van der Waals surface area (Å²) in [5.74, 6) is 0. The van der Waals surface area contributed by atoms with Gasteiger partial charge >= 0.3 is 0 Å². The number of allylic oxidation sites excluding steroid dienone is 1. The van der Waals surface area contributed by atoms with Gasteiger partial charge in [0, 0.05) is 16.3 Å². The zero-order chi connectivity index (χ0) is 19.5. The van der Waals surface area contributed by atoms with Crippen LogP contribution in [0.3, 0.4) is 0 Å². The van der Waals surface area contributed by atoms with Crippen molar-refractivity contribution in [3.8, 4) is 12.1 Å². The van der Waals surface area contributed by atoms with Crippen LogP contribution >= 0.6 is 11.8 Å². The summed E-state index contributed by atoms with van der Waals surface area (Å²) >= 11 is 1.76. The Labute approximate surface area is 169 Å². The number of nitrogens with zero attached hydrogens (tertiary/aromatic N) is 3. The lowest BCUT2D eigenvalue weighted by Crippen LogP contribution is -2.19. The molecule has 0 atom stereocenters. The Morgan fingerprint density at radius 3 is 2.43 bits per heavy atom. The number of fused-ring (bicyclic) bond motifs is 2. The van der Waals surface area contributed by atoms with Gasteiger partial charge in [-0.2, -0.15) is 10.5 Å². The number of rotatable bonds is 3. The molecule has 0 saturated carbocycles. The third-order valence-electron chi connectivity index (χ3n) is 4.72. The van der Waals surface area contributed by atoms with Crippen LogP contribution in [0.25, 0.3) is 11.6 Å². The zero-order valence-electron chi connectivity index (χ0n) is 15.4. The van der Waals surface area contributed by atoms with Gasteiger partial charge in [0.25, 0.3) is 0 Å². The van der Waals surface area contributed by atoms with Crippen LogP contribution in [-0.2, 0) is 0 Å². The van der Waals surface area contributed by atoms with E-state index in [0.717, 1.165) is 17.7 Å². The van der Waals surface area contributed by atoms with E-state index in [4.69, 9.17) is 5.26 Å². The molecule has 0 saturated heterocycles. The molecule has 0 unspecified atom stereocenters. The SMILES string of the molecule is CCN1c2ccccc2Sc2cc(C=C(C#N)c3ccc(C#N)cc3)ccc21. The first-order valence-corrected chi connectivity index (χ1v) is 9.86. The molecule has 0 aliphatic carbocycles. The van der Waals surface area contributed by atoms with E-state index in [1.54, 1.807) is 23.9 Å². The van der Waals surface area contributed by atoms with Gasteiger partial charge < -0.3 is 4.90 Å². The van der Waals surface area contributed by atoms with E-state index in [1.165, 1.54) is 21.2 Å². The second-order valence-electron chi connectivity index (χ2n) is 6.40. The molecule has 3 aromatic rings. The highest BCUT2D eigenvalue weighted by Crippen LogP contribution is 2.48. The van der Waals surface area contributed by atoms with Crippen LogP contribution in [0.4, 0.5) is 11.4 Å². The molecule has 0 aromatic heterocycles. The van der Waals surface area contributed by atoms with Crippen molar-refractivity contribution in [2.75, 3.05) is 11.4 Å². The van der Waals surface area contributed by atoms with Crippen LogP contribution in [0.1, 0.15) is 23.6 Å². The standard InChI is InChI=1S/C24H17N3S/c1-2-27-21-5-3-4-6-23(21)28-24-14-18(9-12-22(24)27)13-20(16-26)19-10-7-17(15-25)8-11-19/h3-14H,2H2,1H3. The van der Waals surface area contributed by atoms with E-state index in [9.17, 15) is 5.26 Å². The molecule has 4 heteroatoms. The maximum Gasteiger partial charge on any atom is 0.0998 e. The van der Waals surface area contributed by atoms with Gasteiger partial charge in [-0.25, -0.2) is 0 Å². The fourth-order valence-electron chi connectivity index (χ4n) is 3.35. The molecule has 0 amide bonds. The minimum atomic E-state index is 0.581. The highest BCUT2D eigenvalue weighted by Gasteiger charge is 2.21. The second-order valence-corrected chi connectivity index (χ2v) is 7.48. The molecule has 28 heavy (non-hydrogen) atoms. The van der Waals surface area contributed by atoms with Crippen LogP contribution in [-0.4, -0.2) is 6.54 Å². The smallest absolute Gasteiger partial charge is 0.0998 e. The van der Waals surface area contributed by atoms with E-state index in [2.05, 4.69) is 66.4 Å². The molecule has 4 rings (SSSR count). The molecule has 0 fully saturated rings. The molecular weight excluding hydrogens is 362 g/mol. The van der Waals surface area contributed by atoms with Crippen LogP contribution < -0.4 is 4.90 Å². The van der Waals surface area contributed by atoms with Crippen molar-refractivity contribution in [1.82, 2.24) is 0 Å². The van der Waals surface area contributed by atoms with Gasteiger partial charge in [0.05, 0.1) is 34.6 Å². The molecule has 1 aliphatic rings. The van der Waals surface area contributed by atoms with Crippen LogP contribution in [0.15, 0.2) is 76.5 Å². The minimum absolute atomic E-state index is 0.581. The van der Waals surface area contributed by atoms with Gasteiger partial charge in [0.1, 0.15) is 0 Å². The van der Waals surface area contributed by atoms with Gasteiger partial charge in [0.15, 0.2) is 0 Å². The zero-order valence-corrected chi connectivity index (χ0v) is 16.2. The fraction of sp³-hybridized carbons (Fsp3) is 0.0833. The Hall–Kier alpha value is -3.47. The Morgan fingerprint density at radius 1 is 0.964 bits per heavy atom. The van der Waals surface area contributed by atoms with Crippen LogP contribution in [0.2, 0.25) is 0 Å². The summed E-state index contributed by atoms with van der Waals surface area (Å²) in [7, 11) is 0. The summed E-state index contributed by atoms with van der Waals surface area (Å²) in [5, 5.41) is 18.6. The first-order valence-electron chi connectivity index (χ1n) is 9.04. The summed E-state index contributed by atoms with van der Waals surface area (Å²) in [4.78, 5) is 4.75. The van der Waals surface area contributed by atoms with Gasteiger partial charge in [-0.05, 0) is 60.5 Å². The number of hydrogen-bond acceptors (Lipinski definition) is 4. The number of nitriles is 2. The largest absolute Gasteiger partial charge is 0.340 e. The molecule has 0 N–H and O–H groups in total. The predicted octanol–water partition coefficient (Wildman–Crippen LogP) is 6.25. The molecule has 0 radical (unpaired) electrons. The maximum atomic E-state index is 9.62. The number of benzene rings is 3. The number of hydrogen-bond donors (Lipinski definition) is 0. The van der Waals surface area contributed by atoms with Crippen LogP contribution in [0.5, 0.6) is 0 Å². The molecule has 0 spiro atoms. The van der Waals surface area contributed by atoms with Crippen molar-refractivity contribution in [3.05, 3.63) is 83.4 Å². The van der Waals surface area contributed by atoms with E-state index in [0.29, 0.717) is 11.1 Å². The lowest BCUT2D eigenvalue weighted by Gasteiger charge is -2.32. The Morgan fingerprint density at radius 2 is 1.71 bits per heavy atom. The van der Waals surface area contributed by atoms with Gasteiger partial charge in [-0.15, -0.1) is 0 Å². The lowest BCUT2D eigenvalue weighted by atomic mass is 10.0. The van der Waals surface area contributed by atoms with Crippen molar-refractivity contribution >= 4 is 34.8 Å². The fourth-order valence-corrected chi connectivity index (χ4v) is 4.50. The monoisotopic (exact) mass is 379 g/mol. The average molecular weight is 379 g/mol. The van der Waals surface area contributed by atoms with Crippen molar-refractivity contribution in [2.45, 2.75) is 16.7 Å². The summed E-state index contributed by atoms with van der Waals surface area (Å²) in [6.45, 7) is 3.05. The average Bonchev–Trinajstić information content (AvgIpc) is 2.75. The van der Waals surface area contributed by atoms with E-state index in [-0.39, 0.29) is 0 Å². The topological polar surface area (TPSA) is 50.8 Å². The van der Waals surface area contributed by atoms with Gasteiger partial charge in [-0.3, -0.25) is 0 Å². The Kier molecular flexibility index (Phi) is 4.89. The summed E-state index contributed by atoms with van der Waals surface area (Å²) < 4.78 is 0. The first-order chi connectivity index (χ1) is 13.7. The predicted molar refractivity (Wildman–Crippen MR) is 114 cm³/mol. The molecule has 134 valence electrons. The van der Waals surface area contributed by atoms with Crippen molar-refractivity contribution in [3.63, 3.8) is 0 Å². The summed E-state index contributed by atoms with van der Waals surface area (Å²) in [5.41, 5.74) is 5.40. The van der Waals surface area contributed by atoms with E-state index < -0.39 is 0 Å². The molecule has 3 aromatic carbocycles. The molecule has 1 aliphatic heterocycles. The molecule has 3 nitrogen and oxygen atoms in total.